The maximum absolute atomic E-state index is 12.6. The monoisotopic (exact) mass is 411 g/mol. The first-order valence-corrected chi connectivity index (χ1v) is 10.1. The van der Waals surface area contributed by atoms with Gasteiger partial charge in [0.25, 0.3) is 5.56 Å². The van der Waals surface area contributed by atoms with E-state index < -0.39 is 0 Å². The summed E-state index contributed by atoms with van der Waals surface area (Å²) in [5, 5.41) is 11.6. The fourth-order valence-corrected chi connectivity index (χ4v) is 4.08. The van der Waals surface area contributed by atoms with Crippen LogP contribution in [0.5, 0.6) is 0 Å². The van der Waals surface area contributed by atoms with Crippen molar-refractivity contribution in [1.82, 2.24) is 19.6 Å². The zero-order valence-electron chi connectivity index (χ0n) is 17.3. The molecule has 0 atom stereocenters. The van der Waals surface area contributed by atoms with Gasteiger partial charge in [-0.3, -0.25) is 9.59 Å². The lowest BCUT2D eigenvalue weighted by atomic mass is 10.1. The lowest BCUT2D eigenvalue weighted by Crippen LogP contribution is -2.30. The standard InChI is InChI=1S/C24H21N5O2/c1-15-11-16(2)29(26-15)22-9-10-24(31)28(27-22)14-23(30)25-19-7-8-21-18(13-19)12-17-5-3-4-6-20(17)21/h3-11,13H,12,14H2,1-2H3,(H,25,30). The van der Waals surface area contributed by atoms with Gasteiger partial charge in [0, 0.05) is 17.4 Å². The van der Waals surface area contributed by atoms with Gasteiger partial charge in [0.2, 0.25) is 5.91 Å². The number of hydrogen-bond acceptors (Lipinski definition) is 4. The first kappa shape index (κ1) is 19.0. The highest BCUT2D eigenvalue weighted by molar-refractivity contribution is 5.91. The molecule has 7 heteroatoms. The van der Waals surface area contributed by atoms with Crippen molar-refractivity contribution in [2.45, 2.75) is 26.8 Å². The second-order valence-electron chi connectivity index (χ2n) is 7.78. The molecule has 0 saturated heterocycles. The van der Waals surface area contributed by atoms with E-state index in [1.165, 1.54) is 28.3 Å². The van der Waals surface area contributed by atoms with Crippen LogP contribution in [0.3, 0.4) is 0 Å². The van der Waals surface area contributed by atoms with E-state index >= 15 is 0 Å². The molecule has 31 heavy (non-hydrogen) atoms. The Morgan fingerprint density at radius 1 is 0.968 bits per heavy atom. The summed E-state index contributed by atoms with van der Waals surface area (Å²) in [6.45, 7) is 3.63. The predicted molar refractivity (Wildman–Crippen MR) is 118 cm³/mol. The van der Waals surface area contributed by atoms with Crippen molar-refractivity contribution in [2.24, 2.45) is 0 Å². The average Bonchev–Trinajstić information content (AvgIpc) is 3.28. The fourth-order valence-electron chi connectivity index (χ4n) is 4.08. The third kappa shape index (κ3) is 3.54. The number of nitrogens with one attached hydrogen (secondary N) is 1. The van der Waals surface area contributed by atoms with Crippen LogP contribution in [0.4, 0.5) is 5.69 Å². The summed E-state index contributed by atoms with van der Waals surface area (Å²) in [5.41, 5.74) is 7.03. The Hall–Kier alpha value is -4.00. The molecule has 7 nitrogen and oxygen atoms in total. The van der Waals surface area contributed by atoms with Crippen molar-refractivity contribution in [2.75, 3.05) is 5.32 Å². The molecule has 1 amide bonds. The van der Waals surface area contributed by atoms with Crippen molar-refractivity contribution in [1.29, 1.82) is 0 Å². The normalized spacial score (nSPS) is 11.8. The molecule has 154 valence electrons. The van der Waals surface area contributed by atoms with E-state index in [0.29, 0.717) is 11.5 Å². The molecule has 2 aromatic heterocycles. The molecule has 0 spiro atoms. The Balaban J connectivity index is 1.35. The van der Waals surface area contributed by atoms with Gasteiger partial charge in [-0.25, -0.2) is 9.36 Å². The van der Waals surface area contributed by atoms with Crippen molar-refractivity contribution in [3.8, 4) is 16.9 Å². The Labute approximate surface area is 179 Å². The molecular formula is C24H21N5O2. The molecule has 1 aliphatic rings. The first-order valence-electron chi connectivity index (χ1n) is 10.1. The topological polar surface area (TPSA) is 81.8 Å². The highest BCUT2D eigenvalue weighted by Crippen LogP contribution is 2.37. The minimum atomic E-state index is -0.343. The van der Waals surface area contributed by atoms with Gasteiger partial charge >= 0.3 is 0 Å². The van der Waals surface area contributed by atoms with Gasteiger partial charge < -0.3 is 5.32 Å². The predicted octanol–water partition coefficient (Wildman–Crippen LogP) is 3.26. The number of fused-ring (bicyclic) bond motifs is 3. The summed E-state index contributed by atoms with van der Waals surface area (Å²) in [4.78, 5) is 24.9. The molecule has 0 saturated carbocycles. The molecule has 4 aromatic rings. The number of carbonyl (C=O) groups is 1. The highest BCUT2D eigenvalue weighted by Gasteiger charge is 2.18. The zero-order valence-corrected chi connectivity index (χ0v) is 17.3. The van der Waals surface area contributed by atoms with Crippen LogP contribution in [0.1, 0.15) is 22.5 Å². The molecule has 0 radical (unpaired) electrons. The van der Waals surface area contributed by atoms with Crippen LogP contribution in [0.2, 0.25) is 0 Å². The van der Waals surface area contributed by atoms with Crippen molar-refractivity contribution in [3.63, 3.8) is 0 Å². The number of hydrogen-bond donors (Lipinski definition) is 1. The lowest BCUT2D eigenvalue weighted by molar-refractivity contribution is -0.117. The maximum Gasteiger partial charge on any atom is 0.267 e. The van der Waals surface area contributed by atoms with Crippen LogP contribution in [0.25, 0.3) is 16.9 Å². The number of aryl methyl sites for hydroxylation is 2. The van der Waals surface area contributed by atoms with Crippen LogP contribution in [-0.2, 0) is 17.8 Å². The number of nitrogens with zero attached hydrogens (tertiary/aromatic N) is 4. The number of carbonyl (C=O) groups excluding carboxylic acids is 1. The maximum atomic E-state index is 12.6. The van der Waals surface area contributed by atoms with Gasteiger partial charge in [-0.15, -0.1) is 5.10 Å². The van der Waals surface area contributed by atoms with Crippen LogP contribution >= 0.6 is 0 Å². The Morgan fingerprint density at radius 2 is 1.77 bits per heavy atom. The third-order valence-electron chi connectivity index (χ3n) is 5.45. The lowest BCUT2D eigenvalue weighted by Gasteiger charge is -2.10. The van der Waals surface area contributed by atoms with E-state index in [-0.39, 0.29) is 18.0 Å². The Bertz CT molecular complexity index is 1380. The van der Waals surface area contributed by atoms with Gasteiger partial charge in [0.15, 0.2) is 5.82 Å². The molecule has 0 fully saturated rings. The quantitative estimate of drug-likeness (QED) is 0.492. The SMILES string of the molecule is Cc1cc(C)n(-c2ccc(=O)n(CC(=O)Nc3ccc4c(c3)Cc3ccccc3-4)n2)n1. The zero-order chi connectivity index (χ0) is 21.5. The summed E-state index contributed by atoms with van der Waals surface area (Å²) in [5.74, 6) is 0.184. The molecule has 0 aliphatic heterocycles. The number of anilines is 1. The van der Waals surface area contributed by atoms with Crippen molar-refractivity contribution >= 4 is 11.6 Å². The number of rotatable bonds is 4. The van der Waals surface area contributed by atoms with Crippen LogP contribution in [-0.4, -0.2) is 25.5 Å². The Kier molecular flexibility index (Phi) is 4.51. The Morgan fingerprint density at radius 3 is 2.58 bits per heavy atom. The van der Waals surface area contributed by atoms with Crippen LogP contribution in [0.15, 0.2) is 65.5 Å². The molecule has 2 heterocycles. The van der Waals surface area contributed by atoms with Gasteiger partial charge in [-0.2, -0.15) is 5.10 Å². The smallest absolute Gasteiger partial charge is 0.267 e. The molecule has 0 bridgehead atoms. The van der Waals surface area contributed by atoms with E-state index in [1.807, 2.05) is 50.2 Å². The largest absolute Gasteiger partial charge is 0.324 e. The molecule has 5 rings (SSSR count). The minimum absolute atomic E-state index is 0.177. The molecule has 1 aliphatic carbocycles. The van der Waals surface area contributed by atoms with Crippen LogP contribution < -0.4 is 10.9 Å². The summed E-state index contributed by atoms with van der Waals surface area (Å²) >= 11 is 0. The fraction of sp³-hybridized carbons (Fsp3) is 0.167. The second kappa shape index (κ2) is 7.36. The van der Waals surface area contributed by atoms with Gasteiger partial charge in [0.05, 0.1) is 5.69 Å². The third-order valence-corrected chi connectivity index (χ3v) is 5.45. The molecular weight excluding hydrogens is 390 g/mol. The molecule has 2 aromatic carbocycles. The number of benzene rings is 2. The van der Waals surface area contributed by atoms with Gasteiger partial charge in [-0.1, -0.05) is 30.3 Å². The van der Waals surface area contributed by atoms with E-state index in [4.69, 9.17) is 0 Å². The van der Waals surface area contributed by atoms with Crippen molar-refractivity contribution < 1.29 is 4.79 Å². The van der Waals surface area contributed by atoms with E-state index in [0.717, 1.165) is 22.5 Å². The molecule has 1 N–H and O–H groups in total. The van der Waals surface area contributed by atoms with E-state index in [9.17, 15) is 9.59 Å². The summed E-state index contributed by atoms with van der Waals surface area (Å²) in [6, 6.07) is 19.2. The van der Waals surface area contributed by atoms with E-state index in [1.54, 1.807) is 10.7 Å². The summed E-state index contributed by atoms with van der Waals surface area (Å²) in [6.07, 6.45) is 0.848. The number of aromatic nitrogens is 4. The molecule has 0 unspecified atom stereocenters. The highest BCUT2D eigenvalue weighted by atomic mass is 16.2. The minimum Gasteiger partial charge on any atom is -0.324 e. The second-order valence-corrected chi connectivity index (χ2v) is 7.78. The number of amides is 1. The van der Waals surface area contributed by atoms with Crippen molar-refractivity contribution in [3.05, 3.63) is 93.5 Å². The summed E-state index contributed by atoms with van der Waals surface area (Å²) < 4.78 is 2.81. The average molecular weight is 411 g/mol. The summed E-state index contributed by atoms with van der Waals surface area (Å²) in [7, 11) is 0. The first-order chi connectivity index (χ1) is 15.0. The van der Waals surface area contributed by atoms with Gasteiger partial charge in [-0.05, 0) is 66.8 Å². The van der Waals surface area contributed by atoms with Gasteiger partial charge in [0.1, 0.15) is 6.54 Å². The van der Waals surface area contributed by atoms with E-state index in [2.05, 4.69) is 27.6 Å². The van der Waals surface area contributed by atoms with Crippen LogP contribution in [0, 0.1) is 13.8 Å².